The molecule has 126 valence electrons. The number of likely N-dealkylation sites (tertiary alicyclic amines) is 1. The number of esters is 1. The fraction of sp³-hybridized carbons (Fsp3) is 0.556. The lowest BCUT2D eigenvalue weighted by molar-refractivity contribution is -0.153. The van der Waals surface area contributed by atoms with Gasteiger partial charge in [0.25, 0.3) is 5.91 Å². The van der Waals surface area contributed by atoms with E-state index in [9.17, 15) is 9.59 Å². The van der Waals surface area contributed by atoms with Gasteiger partial charge in [0.15, 0.2) is 6.61 Å². The first-order valence-electron chi connectivity index (χ1n) is 8.25. The van der Waals surface area contributed by atoms with Crippen LogP contribution in [0.2, 0.25) is 0 Å². The zero-order valence-corrected chi connectivity index (χ0v) is 14.0. The minimum Gasteiger partial charge on any atom is -0.454 e. The van der Waals surface area contributed by atoms with Crippen LogP contribution in [-0.2, 0) is 20.7 Å². The van der Waals surface area contributed by atoms with Crippen molar-refractivity contribution >= 4 is 11.9 Å². The van der Waals surface area contributed by atoms with Crippen molar-refractivity contribution in [1.82, 2.24) is 10.2 Å². The summed E-state index contributed by atoms with van der Waals surface area (Å²) in [6.07, 6.45) is 3.27. The normalized spacial score (nSPS) is 17.5. The van der Waals surface area contributed by atoms with Gasteiger partial charge in [0.05, 0.1) is 0 Å². The summed E-state index contributed by atoms with van der Waals surface area (Å²) >= 11 is 0. The molecule has 1 heterocycles. The number of piperidine rings is 1. The number of nitrogens with one attached hydrogen (secondary N) is 1. The van der Waals surface area contributed by atoms with E-state index in [0.717, 1.165) is 32.4 Å². The average molecular weight is 318 g/mol. The molecule has 1 aromatic rings. The number of hydrogen-bond donors (Lipinski definition) is 1. The number of hydrogen-bond acceptors (Lipinski definition) is 4. The van der Waals surface area contributed by atoms with Gasteiger partial charge in [-0.25, -0.2) is 0 Å². The second kappa shape index (κ2) is 8.67. The van der Waals surface area contributed by atoms with Gasteiger partial charge in [-0.3, -0.25) is 14.5 Å². The van der Waals surface area contributed by atoms with Crippen LogP contribution in [0, 0.1) is 5.92 Å². The molecule has 0 bridgehead atoms. The molecule has 0 saturated carbocycles. The molecule has 23 heavy (non-hydrogen) atoms. The third kappa shape index (κ3) is 5.36. The lowest BCUT2D eigenvalue weighted by Crippen LogP contribution is -2.45. The fourth-order valence-electron chi connectivity index (χ4n) is 2.97. The van der Waals surface area contributed by atoms with Crippen LogP contribution in [-0.4, -0.2) is 49.6 Å². The third-order valence-electron chi connectivity index (χ3n) is 4.53. The van der Waals surface area contributed by atoms with Gasteiger partial charge in [-0.2, -0.15) is 0 Å². The molecule has 0 spiro atoms. The van der Waals surface area contributed by atoms with Crippen molar-refractivity contribution in [3.8, 4) is 0 Å². The smallest absolute Gasteiger partial charge is 0.323 e. The summed E-state index contributed by atoms with van der Waals surface area (Å²) in [6, 6.07) is 10.2. The first kappa shape index (κ1) is 17.5. The van der Waals surface area contributed by atoms with Crippen molar-refractivity contribution in [1.29, 1.82) is 0 Å². The average Bonchev–Trinajstić information content (AvgIpc) is 2.60. The number of carbonyl (C=O) groups excluding carboxylic acids is 2. The first-order chi connectivity index (χ1) is 11.1. The number of likely N-dealkylation sites (N-methyl/N-ethyl adjacent to an activating group) is 1. The van der Waals surface area contributed by atoms with E-state index in [4.69, 9.17) is 4.74 Å². The van der Waals surface area contributed by atoms with Gasteiger partial charge < -0.3 is 10.1 Å². The maximum Gasteiger partial charge on any atom is 0.323 e. The Bertz CT molecular complexity index is 510. The molecule has 1 atom stereocenters. The van der Waals surface area contributed by atoms with Crippen LogP contribution in [0.1, 0.15) is 25.3 Å². The fourth-order valence-corrected chi connectivity index (χ4v) is 2.97. The molecule has 1 saturated heterocycles. The second-order valence-corrected chi connectivity index (χ2v) is 6.13. The Hall–Kier alpha value is -1.88. The zero-order chi connectivity index (χ0) is 16.7. The Morgan fingerprint density at radius 1 is 1.26 bits per heavy atom. The molecule has 1 aromatic carbocycles. The van der Waals surface area contributed by atoms with Gasteiger partial charge in [0.1, 0.15) is 6.04 Å². The maximum absolute atomic E-state index is 12.0. The molecular weight excluding hydrogens is 292 g/mol. The highest BCUT2D eigenvalue weighted by atomic mass is 16.5. The van der Waals surface area contributed by atoms with Gasteiger partial charge >= 0.3 is 5.97 Å². The molecule has 5 heteroatoms. The summed E-state index contributed by atoms with van der Waals surface area (Å²) in [5.74, 6) is 0.0602. The van der Waals surface area contributed by atoms with Crippen molar-refractivity contribution in [2.24, 2.45) is 5.92 Å². The molecule has 0 unspecified atom stereocenters. The number of amides is 1. The quantitative estimate of drug-likeness (QED) is 0.810. The van der Waals surface area contributed by atoms with E-state index in [2.05, 4.69) is 34.5 Å². The molecule has 5 nitrogen and oxygen atoms in total. The van der Waals surface area contributed by atoms with Gasteiger partial charge in [-0.05, 0) is 50.8 Å². The topological polar surface area (TPSA) is 58.6 Å². The van der Waals surface area contributed by atoms with E-state index in [1.165, 1.54) is 12.6 Å². The van der Waals surface area contributed by atoms with Crippen LogP contribution in [0.15, 0.2) is 30.3 Å². The highest BCUT2D eigenvalue weighted by Gasteiger charge is 2.27. The third-order valence-corrected chi connectivity index (χ3v) is 4.53. The number of carbonyl (C=O) groups is 2. The van der Waals surface area contributed by atoms with E-state index >= 15 is 0 Å². The maximum atomic E-state index is 12.0. The molecule has 1 fully saturated rings. The summed E-state index contributed by atoms with van der Waals surface area (Å²) < 4.78 is 5.04. The number of ether oxygens (including phenoxy) is 1. The molecule has 1 N–H and O–H groups in total. The van der Waals surface area contributed by atoms with E-state index in [0.29, 0.717) is 5.92 Å². The highest BCUT2D eigenvalue weighted by molar-refractivity contribution is 5.82. The van der Waals surface area contributed by atoms with Crippen molar-refractivity contribution in [3.63, 3.8) is 0 Å². The molecule has 1 aliphatic heterocycles. The Morgan fingerprint density at radius 2 is 1.91 bits per heavy atom. The van der Waals surface area contributed by atoms with Gasteiger partial charge in [0.2, 0.25) is 0 Å². The molecule has 1 amide bonds. The van der Waals surface area contributed by atoms with Gasteiger partial charge in [-0.1, -0.05) is 30.3 Å². The van der Waals surface area contributed by atoms with E-state index in [-0.39, 0.29) is 24.5 Å². The van der Waals surface area contributed by atoms with Crippen LogP contribution in [0.3, 0.4) is 0 Å². The molecule has 0 aliphatic carbocycles. The first-order valence-corrected chi connectivity index (χ1v) is 8.25. The molecule has 1 aliphatic rings. The van der Waals surface area contributed by atoms with Crippen LogP contribution in [0.5, 0.6) is 0 Å². The van der Waals surface area contributed by atoms with Crippen LogP contribution < -0.4 is 5.32 Å². The summed E-state index contributed by atoms with van der Waals surface area (Å²) in [5, 5.41) is 2.44. The van der Waals surface area contributed by atoms with Gasteiger partial charge in [-0.15, -0.1) is 0 Å². The number of nitrogens with zero attached hydrogens (tertiary/aromatic N) is 1. The summed E-state index contributed by atoms with van der Waals surface area (Å²) in [6.45, 7) is 3.44. The van der Waals surface area contributed by atoms with Crippen LogP contribution in [0.4, 0.5) is 0 Å². The van der Waals surface area contributed by atoms with E-state index in [1.54, 1.807) is 0 Å². The van der Waals surface area contributed by atoms with Crippen LogP contribution >= 0.6 is 0 Å². The minimum absolute atomic E-state index is 0.204. The largest absolute Gasteiger partial charge is 0.454 e. The number of benzene rings is 1. The Balaban J connectivity index is 1.75. The van der Waals surface area contributed by atoms with Crippen molar-refractivity contribution in [2.75, 3.05) is 26.7 Å². The predicted octanol–water partition coefficient (Wildman–Crippen LogP) is 1.62. The van der Waals surface area contributed by atoms with Crippen LogP contribution in [0.25, 0.3) is 0 Å². The second-order valence-electron chi connectivity index (χ2n) is 6.13. The van der Waals surface area contributed by atoms with Crippen molar-refractivity contribution in [3.05, 3.63) is 35.9 Å². The highest BCUT2D eigenvalue weighted by Crippen LogP contribution is 2.23. The Morgan fingerprint density at radius 3 is 2.52 bits per heavy atom. The lowest BCUT2D eigenvalue weighted by Gasteiger charge is -2.35. The van der Waals surface area contributed by atoms with E-state index < -0.39 is 0 Å². The molecule has 0 aromatic heterocycles. The van der Waals surface area contributed by atoms with Gasteiger partial charge in [0, 0.05) is 7.05 Å². The lowest BCUT2D eigenvalue weighted by atomic mass is 9.89. The molecular formula is C18H26N2O3. The zero-order valence-electron chi connectivity index (χ0n) is 14.0. The minimum atomic E-state index is -0.324. The van der Waals surface area contributed by atoms with E-state index in [1.807, 2.05) is 13.0 Å². The summed E-state index contributed by atoms with van der Waals surface area (Å²) in [7, 11) is 1.52. The predicted molar refractivity (Wildman–Crippen MR) is 88.9 cm³/mol. The Labute approximate surface area is 138 Å². The Kier molecular flexibility index (Phi) is 6.59. The monoisotopic (exact) mass is 318 g/mol. The molecule has 2 rings (SSSR count). The number of rotatable bonds is 6. The van der Waals surface area contributed by atoms with Crippen molar-refractivity contribution in [2.45, 2.75) is 32.2 Å². The standard InChI is InChI=1S/C18H26N2O3/c1-14(18(22)23-13-17(21)19-2)20-10-8-16(9-11-20)12-15-6-4-3-5-7-15/h3-7,14,16H,8-13H2,1-2H3,(H,19,21)/t14-/m0/s1. The molecule has 0 radical (unpaired) electrons. The van der Waals surface area contributed by atoms with Crippen molar-refractivity contribution < 1.29 is 14.3 Å². The SMILES string of the molecule is CNC(=O)COC(=O)[C@H](C)N1CCC(Cc2ccccc2)CC1. The summed E-state index contributed by atoms with van der Waals surface area (Å²) in [5.41, 5.74) is 1.38. The summed E-state index contributed by atoms with van der Waals surface area (Å²) in [4.78, 5) is 25.3.